The molecule has 0 bridgehead atoms. The van der Waals surface area contributed by atoms with Crippen LogP contribution in [-0.4, -0.2) is 47.0 Å². The molecule has 2 heterocycles. The molecule has 1 aromatic rings. The minimum absolute atomic E-state index is 0.0635. The van der Waals surface area contributed by atoms with Gasteiger partial charge < -0.3 is 5.32 Å². The summed E-state index contributed by atoms with van der Waals surface area (Å²) >= 11 is 0. The van der Waals surface area contributed by atoms with Gasteiger partial charge in [0.25, 0.3) is 17.7 Å². The molecule has 1 atom stereocenters. The fourth-order valence-corrected chi connectivity index (χ4v) is 2.87. The van der Waals surface area contributed by atoms with Crippen molar-refractivity contribution in [2.45, 2.75) is 25.8 Å². The number of imide groups is 2. The lowest BCUT2D eigenvalue weighted by atomic mass is 10.0. The molecule has 3 rings (SSSR count). The lowest BCUT2D eigenvalue weighted by Gasteiger charge is -2.27. The van der Waals surface area contributed by atoms with E-state index in [0.29, 0.717) is 6.54 Å². The van der Waals surface area contributed by atoms with Crippen LogP contribution >= 0.6 is 0 Å². The molecule has 8 heteroatoms. The first-order chi connectivity index (χ1) is 11.4. The van der Waals surface area contributed by atoms with Gasteiger partial charge in [-0.2, -0.15) is 0 Å². The standard InChI is InChI=1S/C16H15N3O5/c1-2-17-13(21)8-3-4-9-10(7-8)16(24)19(15(9)23)11-5-6-12(20)18-14(11)22/h3-4,7,11H,2,5-6H2,1H3,(H,17,21)(H,18,20,22). The maximum absolute atomic E-state index is 12.6. The van der Waals surface area contributed by atoms with Gasteiger partial charge in [0, 0.05) is 18.5 Å². The Morgan fingerprint density at radius 2 is 1.92 bits per heavy atom. The van der Waals surface area contributed by atoms with Crippen LogP contribution < -0.4 is 10.6 Å². The highest BCUT2D eigenvalue weighted by Crippen LogP contribution is 2.28. The summed E-state index contributed by atoms with van der Waals surface area (Å²) in [6.07, 6.45) is 0.160. The van der Waals surface area contributed by atoms with Crippen LogP contribution in [0.2, 0.25) is 0 Å². The van der Waals surface area contributed by atoms with E-state index in [1.165, 1.54) is 18.2 Å². The first-order valence-corrected chi connectivity index (χ1v) is 7.58. The Labute approximate surface area is 137 Å². The Hall–Kier alpha value is -3.03. The number of rotatable bonds is 3. The van der Waals surface area contributed by atoms with Crippen LogP contribution in [0.4, 0.5) is 0 Å². The summed E-state index contributed by atoms with van der Waals surface area (Å²) < 4.78 is 0. The van der Waals surface area contributed by atoms with Gasteiger partial charge in [0.15, 0.2) is 0 Å². The van der Waals surface area contributed by atoms with Crippen LogP contribution in [0.25, 0.3) is 0 Å². The maximum atomic E-state index is 12.6. The predicted octanol–water partition coefficient (Wildman–Crippen LogP) is -0.162. The third kappa shape index (κ3) is 2.45. The molecule has 0 aromatic heterocycles. The number of carbonyl (C=O) groups excluding carboxylic acids is 5. The van der Waals surface area contributed by atoms with Crippen LogP contribution in [-0.2, 0) is 9.59 Å². The fourth-order valence-electron chi connectivity index (χ4n) is 2.87. The normalized spacial score (nSPS) is 20.0. The van der Waals surface area contributed by atoms with Gasteiger partial charge >= 0.3 is 0 Å². The van der Waals surface area contributed by atoms with E-state index in [0.717, 1.165) is 4.90 Å². The van der Waals surface area contributed by atoms with Crippen molar-refractivity contribution in [2.75, 3.05) is 6.54 Å². The number of hydrogen-bond donors (Lipinski definition) is 2. The molecular formula is C16H15N3O5. The second-order valence-corrected chi connectivity index (χ2v) is 5.57. The van der Waals surface area contributed by atoms with Gasteiger partial charge in [-0.3, -0.25) is 34.2 Å². The molecule has 2 aliphatic heterocycles. The van der Waals surface area contributed by atoms with Crippen LogP contribution in [0.15, 0.2) is 18.2 Å². The monoisotopic (exact) mass is 329 g/mol. The van der Waals surface area contributed by atoms with Crippen LogP contribution in [0.3, 0.4) is 0 Å². The summed E-state index contributed by atoms with van der Waals surface area (Å²) in [5.41, 5.74) is 0.507. The first-order valence-electron chi connectivity index (χ1n) is 7.58. The Kier molecular flexibility index (Phi) is 3.88. The second kappa shape index (κ2) is 5.88. The molecule has 2 N–H and O–H groups in total. The van der Waals surface area contributed by atoms with Crippen molar-refractivity contribution in [3.8, 4) is 0 Å². The quantitative estimate of drug-likeness (QED) is 0.748. The molecule has 124 valence electrons. The van der Waals surface area contributed by atoms with E-state index in [-0.39, 0.29) is 35.4 Å². The van der Waals surface area contributed by atoms with E-state index < -0.39 is 29.7 Å². The fraction of sp³-hybridized carbons (Fsp3) is 0.312. The smallest absolute Gasteiger partial charge is 0.262 e. The van der Waals surface area contributed by atoms with Crippen molar-refractivity contribution >= 4 is 29.5 Å². The van der Waals surface area contributed by atoms with Gasteiger partial charge in [0.1, 0.15) is 6.04 Å². The lowest BCUT2D eigenvalue weighted by Crippen LogP contribution is -2.54. The highest BCUT2D eigenvalue weighted by atomic mass is 16.2. The number of fused-ring (bicyclic) bond motifs is 1. The third-order valence-corrected chi connectivity index (χ3v) is 4.04. The third-order valence-electron chi connectivity index (χ3n) is 4.04. The Balaban J connectivity index is 1.92. The van der Waals surface area contributed by atoms with Gasteiger partial charge in [-0.25, -0.2) is 0 Å². The van der Waals surface area contributed by atoms with Crippen LogP contribution in [0.1, 0.15) is 50.8 Å². The summed E-state index contributed by atoms with van der Waals surface area (Å²) in [5.74, 6) is -2.65. The molecule has 8 nitrogen and oxygen atoms in total. The summed E-state index contributed by atoms with van der Waals surface area (Å²) in [6.45, 7) is 2.20. The number of piperidine rings is 1. The van der Waals surface area contributed by atoms with Gasteiger partial charge in [-0.05, 0) is 31.5 Å². The van der Waals surface area contributed by atoms with Gasteiger partial charge in [0.2, 0.25) is 11.8 Å². The van der Waals surface area contributed by atoms with Crippen LogP contribution in [0, 0.1) is 0 Å². The van der Waals surface area contributed by atoms with E-state index in [4.69, 9.17) is 0 Å². The molecule has 24 heavy (non-hydrogen) atoms. The molecule has 0 aliphatic carbocycles. The number of hydrogen-bond acceptors (Lipinski definition) is 5. The molecule has 1 fully saturated rings. The minimum Gasteiger partial charge on any atom is -0.352 e. The van der Waals surface area contributed by atoms with E-state index in [1.54, 1.807) is 6.92 Å². The second-order valence-electron chi connectivity index (χ2n) is 5.57. The van der Waals surface area contributed by atoms with E-state index >= 15 is 0 Å². The molecule has 1 saturated heterocycles. The molecule has 0 spiro atoms. The SMILES string of the molecule is CCNC(=O)c1ccc2c(c1)C(=O)N(C1CCC(=O)NC1=O)C2=O. The van der Waals surface area contributed by atoms with Gasteiger partial charge in [0.05, 0.1) is 11.1 Å². The summed E-state index contributed by atoms with van der Waals surface area (Å²) in [4.78, 5) is 61.0. The molecule has 1 aromatic carbocycles. The molecular weight excluding hydrogens is 314 g/mol. The highest BCUT2D eigenvalue weighted by molar-refractivity contribution is 6.24. The zero-order valence-electron chi connectivity index (χ0n) is 12.9. The van der Waals surface area contributed by atoms with Crippen molar-refractivity contribution in [3.05, 3.63) is 34.9 Å². The summed E-state index contributed by atoms with van der Waals surface area (Å²) in [6, 6.07) is 3.21. The number of nitrogens with zero attached hydrogens (tertiary/aromatic N) is 1. The number of amides is 5. The Morgan fingerprint density at radius 3 is 2.58 bits per heavy atom. The Morgan fingerprint density at radius 1 is 1.21 bits per heavy atom. The molecule has 0 saturated carbocycles. The average molecular weight is 329 g/mol. The average Bonchev–Trinajstić information content (AvgIpc) is 2.79. The van der Waals surface area contributed by atoms with Crippen molar-refractivity contribution in [1.82, 2.24) is 15.5 Å². The predicted molar refractivity (Wildman–Crippen MR) is 81.1 cm³/mol. The molecule has 1 unspecified atom stereocenters. The number of benzene rings is 1. The topological polar surface area (TPSA) is 113 Å². The first kappa shape index (κ1) is 15.9. The van der Waals surface area contributed by atoms with E-state index in [1.807, 2.05) is 0 Å². The highest BCUT2D eigenvalue weighted by Gasteiger charge is 2.44. The molecule has 5 amide bonds. The van der Waals surface area contributed by atoms with Crippen molar-refractivity contribution in [1.29, 1.82) is 0 Å². The van der Waals surface area contributed by atoms with Crippen molar-refractivity contribution in [3.63, 3.8) is 0 Å². The minimum atomic E-state index is -1.01. The molecule has 0 radical (unpaired) electrons. The largest absolute Gasteiger partial charge is 0.352 e. The molecule has 2 aliphatic rings. The van der Waals surface area contributed by atoms with Crippen LogP contribution in [0.5, 0.6) is 0 Å². The lowest BCUT2D eigenvalue weighted by molar-refractivity contribution is -0.136. The maximum Gasteiger partial charge on any atom is 0.262 e. The zero-order chi connectivity index (χ0) is 17.4. The van der Waals surface area contributed by atoms with Gasteiger partial charge in [-0.15, -0.1) is 0 Å². The van der Waals surface area contributed by atoms with Crippen molar-refractivity contribution < 1.29 is 24.0 Å². The van der Waals surface area contributed by atoms with Gasteiger partial charge in [-0.1, -0.05) is 0 Å². The zero-order valence-corrected chi connectivity index (χ0v) is 12.9. The van der Waals surface area contributed by atoms with Crippen molar-refractivity contribution in [2.24, 2.45) is 0 Å². The van der Waals surface area contributed by atoms with E-state index in [9.17, 15) is 24.0 Å². The summed E-state index contributed by atoms with van der Waals surface area (Å²) in [7, 11) is 0. The summed E-state index contributed by atoms with van der Waals surface area (Å²) in [5, 5.41) is 4.75. The number of nitrogens with one attached hydrogen (secondary N) is 2. The number of carbonyl (C=O) groups is 5. The Bertz CT molecular complexity index is 786. The van der Waals surface area contributed by atoms with E-state index in [2.05, 4.69) is 10.6 Å².